The van der Waals surface area contributed by atoms with Gasteiger partial charge in [-0.25, -0.2) is 0 Å². The van der Waals surface area contributed by atoms with E-state index in [-0.39, 0.29) is 18.4 Å². The number of para-hydroxylation sites is 1. The van der Waals surface area contributed by atoms with Crippen molar-refractivity contribution in [3.63, 3.8) is 0 Å². The number of benzene rings is 2. The molecule has 2 heterocycles. The summed E-state index contributed by atoms with van der Waals surface area (Å²) >= 11 is 0. The molecule has 4 aromatic rings. The fraction of sp³-hybridized carbons (Fsp3) is 0.136. The first-order chi connectivity index (χ1) is 14.7. The van der Waals surface area contributed by atoms with E-state index in [1.807, 2.05) is 13.0 Å². The Hall–Kier alpha value is -4.07. The second-order valence-corrected chi connectivity index (χ2v) is 6.19. The van der Waals surface area contributed by atoms with Crippen LogP contribution in [0, 0.1) is 0 Å². The molecule has 8 nitrogen and oxygen atoms in total. The molecule has 30 heavy (non-hydrogen) atoms. The Balaban J connectivity index is 1.41. The molecule has 0 atom stereocenters. The van der Waals surface area contributed by atoms with Crippen LogP contribution < -0.4 is 14.8 Å². The number of nitrogens with one attached hydrogen (secondary N) is 1. The maximum atomic E-state index is 12.3. The van der Waals surface area contributed by atoms with Gasteiger partial charge in [0.1, 0.15) is 11.5 Å². The first-order valence-corrected chi connectivity index (χ1v) is 9.35. The smallest absolute Gasteiger partial charge is 0.293 e. The average molecular weight is 405 g/mol. The van der Waals surface area contributed by atoms with Crippen LogP contribution in [0.2, 0.25) is 0 Å². The van der Waals surface area contributed by atoms with E-state index in [0.717, 1.165) is 5.75 Å². The Bertz CT molecular complexity index is 1100. The fourth-order valence-corrected chi connectivity index (χ4v) is 2.75. The van der Waals surface area contributed by atoms with Crippen LogP contribution >= 0.6 is 0 Å². The Morgan fingerprint density at radius 3 is 2.63 bits per heavy atom. The van der Waals surface area contributed by atoms with Crippen LogP contribution in [0.1, 0.15) is 6.92 Å². The van der Waals surface area contributed by atoms with Crippen molar-refractivity contribution in [2.75, 3.05) is 18.5 Å². The highest BCUT2D eigenvalue weighted by Gasteiger charge is 2.16. The van der Waals surface area contributed by atoms with Gasteiger partial charge >= 0.3 is 0 Å². The Morgan fingerprint density at radius 1 is 1.03 bits per heavy atom. The summed E-state index contributed by atoms with van der Waals surface area (Å²) in [6.07, 6.45) is 1.53. The molecule has 2 aromatic carbocycles. The molecule has 0 spiro atoms. The van der Waals surface area contributed by atoms with Gasteiger partial charge in [-0.2, -0.15) is 4.98 Å². The van der Waals surface area contributed by atoms with Crippen molar-refractivity contribution < 1.29 is 23.2 Å². The van der Waals surface area contributed by atoms with E-state index in [0.29, 0.717) is 35.2 Å². The number of furan rings is 1. The van der Waals surface area contributed by atoms with Crippen LogP contribution in [0.3, 0.4) is 0 Å². The number of ether oxygens (including phenoxy) is 2. The summed E-state index contributed by atoms with van der Waals surface area (Å²) in [4.78, 5) is 16.6. The van der Waals surface area contributed by atoms with Crippen LogP contribution in [0.5, 0.6) is 11.5 Å². The summed E-state index contributed by atoms with van der Waals surface area (Å²) in [5.41, 5.74) is 1.26. The van der Waals surface area contributed by atoms with Gasteiger partial charge in [0.2, 0.25) is 5.82 Å². The molecule has 0 saturated heterocycles. The lowest BCUT2D eigenvalue weighted by Gasteiger charge is -2.10. The van der Waals surface area contributed by atoms with E-state index in [4.69, 9.17) is 18.4 Å². The Kier molecular flexibility index (Phi) is 5.75. The van der Waals surface area contributed by atoms with Crippen molar-refractivity contribution in [3.05, 3.63) is 66.9 Å². The highest BCUT2D eigenvalue weighted by Crippen LogP contribution is 2.29. The number of nitrogens with zero attached hydrogens (tertiary/aromatic N) is 2. The molecule has 0 aliphatic heterocycles. The highest BCUT2D eigenvalue weighted by atomic mass is 16.5. The van der Waals surface area contributed by atoms with Gasteiger partial charge in [-0.15, -0.1) is 0 Å². The molecule has 4 rings (SSSR count). The topological polar surface area (TPSA) is 99.6 Å². The lowest BCUT2D eigenvalue weighted by molar-refractivity contribution is -0.118. The van der Waals surface area contributed by atoms with Crippen LogP contribution in [-0.4, -0.2) is 29.3 Å². The van der Waals surface area contributed by atoms with Crippen LogP contribution in [0.4, 0.5) is 5.69 Å². The van der Waals surface area contributed by atoms with Gasteiger partial charge in [-0.05, 0) is 55.5 Å². The minimum absolute atomic E-state index is 0.173. The Morgan fingerprint density at radius 2 is 1.87 bits per heavy atom. The van der Waals surface area contributed by atoms with Gasteiger partial charge < -0.3 is 23.7 Å². The number of carbonyl (C=O) groups is 1. The number of hydrogen-bond acceptors (Lipinski definition) is 7. The average Bonchev–Trinajstić information content (AvgIpc) is 3.46. The normalized spacial score (nSPS) is 10.6. The van der Waals surface area contributed by atoms with Crippen molar-refractivity contribution in [2.45, 2.75) is 6.92 Å². The van der Waals surface area contributed by atoms with Gasteiger partial charge in [0, 0.05) is 5.69 Å². The van der Waals surface area contributed by atoms with Gasteiger partial charge in [0.15, 0.2) is 12.4 Å². The maximum Gasteiger partial charge on any atom is 0.293 e. The predicted molar refractivity (Wildman–Crippen MR) is 109 cm³/mol. The third-order valence-corrected chi connectivity index (χ3v) is 4.09. The van der Waals surface area contributed by atoms with Crippen molar-refractivity contribution in [2.24, 2.45) is 0 Å². The van der Waals surface area contributed by atoms with Gasteiger partial charge in [0.25, 0.3) is 11.8 Å². The number of rotatable bonds is 8. The Labute approximate surface area is 172 Å². The second-order valence-electron chi connectivity index (χ2n) is 6.19. The van der Waals surface area contributed by atoms with E-state index >= 15 is 0 Å². The molecule has 1 amide bonds. The third kappa shape index (κ3) is 4.49. The summed E-state index contributed by atoms with van der Waals surface area (Å²) in [5, 5.41) is 6.76. The summed E-state index contributed by atoms with van der Waals surface area (Å²) in [7, 11) is 0. The van der Waals surface area contributed by atoms with E-state index in [1.165, 1.54) is 6.26 Å². The SMILES string of the molecule is CCOc1ccc(NC(=O)COc2ccccc2-c2noc(-c3ccco3)n2)cc1. The quantitative estimate of drug-likeness (QED) is 0.463. The lowest BCUT2D eigenvalue weighted by atomic mass is 10.2. The summed E-state index contributed by atoms with van der Waals surface area (Å²) in [6, 6.07) is 17.7. The minimum Gasteiger partial charge on any atom is -0.494 e. The molecule has 2 aromatic heterocycles. The number of carbonyl (C=O) groups excluding carboxylic acids is 1. The largest absolute Gasteiger partial charge is 0.494 e. The van der Waals surface area contributed by atoms with Gasteiger partial charge in [0.05, 0.1) is 18.4 Å². The molecule has 0 aliphatic rings. The standard InChI is InChI=1S/C22H19N3O5/c1-2-27-16-11-9-15(10-12-16)23-20(26)14-29-18-7-4-3-6-17(18)21-24-22(30-25-21)19-8-5-13-28-19/h3-13H,2,14H2,1H3,(H,23,26). The zero-order valence-corrected chi connectivity index (χ0v) is 16.2. The molecule has 1 N–H and O–H groups in total. The summed E-state index contributed by atoms with van der Waals surface area (Å²) < 4.78 is 21.6. The fourth-order valence-electron chi connectivity index (χ4n) is 2.75. The van der Waals surface area contributed by atoms with E-state index in [9.17, 15) is 4.79 Å². The van der Waals surface area contributed by atoms with E-state index in [1.54, 1.807) is 54.6 Å². The zero-order valence-electron chi connectivity index (χ0n) is 16.2. The third-order valence-electron chi connectivity index (χ3n) is 4.09. The van der Waals surface area contributed by atoms with Crippen molar-refractivity contribution in [3.8, 4) is 34.5 Å². The number of aromatic nitrogens is 2. The monoisotopic (exact) mass is 405 g/mol. The molecule has 152 valence electrons. The van der Waals surface area contributed by atoms with E-state index < -0.39 is 0 Å². The molecule has 0 radical (unpaired) electrons. The summed E-state index contributed by atoms with van der Waals surface area (Å²) in [6.45, 7) is 2.33. The molecule has 0 unspecified atom stereocenters. The molecule has 0 saturated carbocycles. The lowest BCUT2D eigenvalue weighted by Crippen LogP contribution is -2.20. The van der Waals surface area contributed by atoms with Crippen molar-refractivity contribution >= 4 is 11.6 Å². The summed E-state index contributed by atoms with van der Waals surface area (Å²) in [5.74, 6) is 1.99. The van der Waals surface area contributed by atoms with Crippen LogP contribution in [0.25, 0.3) is 23.0 Å². The maximum absolute atomic E-state index is 12.3. The highest BCUT2D eigenvalue weighted by molar-refractivity contribution is 5.92. The molecular formula is C22H19N3O5. The molecule has 0 bridgehead atoms. The van der Waals surface area contributed by atoms with Crippen LogP contribution in [-0.2, 0) is 4.79 Å². The first kappa shape index (κ1) is 19.3. The first-order valence-electron chi connectivity index (χ1n) is 9.35. The van der Waals surface area contributed by atoms with Crippen LogP contribution in [0.15, 0.2) is 75.9 Å². The number of anilines is 1. The number of amides is 1. The van der Waals surface area contributed by atoms with Crippen molar-refractivity contribution in [1.82, 2.24) is 10.1 Å². The van der Waals surface area contributed by atoms with E-state index in [2.05, 4.69) is 15.5 Å². The zero-order chi connectivity index (χ0) is 20.8. The molecule has 0 aliphatic carbocycles. The molecule has 8 heteroatoms. The van der Waals surface area contributed by atoms with Gasteiger partial charge in [-0.3, -0.25) is 4.79 Å². The minimum atomic E-state index is -0.293. The molecule has 0 fully saturated rings. The molecular weight excluding hydrogens is 386 g/mol. The van der Waals surface area contributed by atoms with Gasteiger partial charge in [-0.1, -0.05) is 17.3 Å². The predicted octanol–water partition coefficient (Wildman–Crippen LogP) is 4.41. The van der Waals surface area contributed by atoms with Crippen molar-refractivity contribution in [1.29, 1.82) is 0 Å². The second kappa shape index (κ2) is 8.95. The number of hydrogen-bond donors (Lipinski definition) is 1.